The first kappa shape index (κ1) is 10.3. The Hall–Kier alpha value is -0.810. The van der Waals surface area contributed by atoms with Gasteiger partial charge in [-0.3, -0.25) is 4.79 Å². The number of Topliss-reactive ketones (excluding diaryl/α,β-unsaturated/α-hetero) is 1. The number of nitrogens with zero attached hydrogens (tertiary/aromatic N) is 1. The number of carbonyl (C=O) groups excluding carboxylic acids is 1. The van der Waals surface area contributed by atoms with Crippen LogP contribution in [0, 0.1) is 5.95 Å². The number of rotatable bonds is 3. The fourth-order valence-corrected chi connectivity index (χ4v) is 1.16. The van der Waals surface area contributed by atoms with Crippen molar-refractivity contribution >= 4 is 21.7 Å². The molecule has 0 fully saturated rings. The van der Waals surface area contributed by atoms with E-state index in [-0.39, 0.29) is 12.2 Å². The predicted molar refractivity (Wildman–Crippen MR) is 48.1 cm³/mol. The molecule has 3 nitrogen and oxygen atoms in total. The molecule has 0 amide bonds. The highest BCUT2D eigenvalue weighted by Crippen LogP contribution is 2.13. The summed E-state index contributed by atoms with van der Waals surface area (Å²) in [7, 11) is 1.38. The van der Waals surface area contributed by atoms with Gasteiger partial charge in [0, 0.05) is 17.8 Å². The average molecular weight is 248 g/mol. The lowest BCUT2D eigenvalue weighted by Crippen LogP contribution is -2.10. The van der Waals surface area contributed by atoms with Gasteiger partial charge in [0.05, 0.1) is 5.56 Å². The van der Waals surface area contributed by atoms with Gasteiger partial charge < -0.3 is 4.74 Å². The minimum atomic E-state index is -0.773. The Bertz CT molecular complexity index is 330. The minimum absolute atomic E-state index is 0.0591. The summed E-state index contributed by atoms with van der Waals surface area (Å²) >= 11 is 3.09. The van der Waals surface area contributed by atoms with E-state index in [9.17, 15) is 9.18 Å². The fourth-order valence-electron chi connectivity index (χ4n) is 0.827. The standard InChI is InChI=1S/C8H7BrFNO2/c1-13-4-7(12)6-2-5(9)3-11-8(6)10/h2-3H,4H2,1H3. The van der Waals surface area contributed by atoms with Gasteiger partial charge in [-0.25, -0.2) is 4.98 Å². The molecule has 0 saturated carbocycles. The van der Waals surface area contributed by atoms with Crippen molar-refractivity contribution < 1.29 is 13.9 Å². The zero-order valence-electron chi connectivity index (χ0n) is 6.88. The van der Waals surface area contributed by atoms with Crippen LogP contribution in [0.5, 0.6) is 0 Å². The van der Waals surface area contributed by atoms with E-state index in [4.69, 9.17) is 0 Å². The van der Waals surface area contributed by atoms with Crippen LogP contribution >= 0.6 is 15.9 Å². The topological polar surface area (TPSA) is 39.2 Å². The number of hydrogen-bond acceptors (Lipinski definition) is 3. The molecule has 0 aromatic carbocycles. The van der Waals surface area contributed by atoms with Crippen molar-refractivity contribution in [3.63, 3.8) is 0 Å². The Morgan fingerprint density at radius 2 is 2.46 bits per heavy atom. The summed E-state index contributed by atoms with van der Waals surface area (Å²) in [6, 6.07) is 1.38. The number of ether oxygens (including phenoxy) is 1. The molecule has 1 aromatic heterocycles. The monoisotopic (exact) mass is 247 g/mol. The first-order chi connectivity index (χ1) is 6.15. The highest BCUT2D eigenvalue weighted by molar-refractivity contribution is 9.10. The van der Waals surface area contributed by atoms with Crippen LogP contribution < -0.4 is 0 Å². The van der Waals surface area contributed by atoms with E-state index in [1.54, 1.807) is 0 Å². The van der Waals surface area contributed by atoms with Gasteiger partial charge in [0.1, 0.15) is 6.61 Å². The van der Waals surface area contributed by atoms with Gasteiger partial charge >= 0.3 is 0 Å². The van der Waals surface area contributed by atoms with Crippen LogP contribution in [-0.2, 0) is 4.74 Å². The fraction of sp³-hybridized carbons (Fsp3) is 0.250. The maximum absolute atomic E-state index is 12.9. The van der Waals surface area contributed by atoms with E-state index >= 15 is 0 Å². The molecule has 1 heterocycles. The van der Waals surface area contributed by atoms with E-state index in [0.29, 0.717) is 4.47 Å². The molecule has 0 aliphatic heterocycles. The molecule has 70 valence electrons. The summed E-state index contributed by atoms with van der Waals surface area (Å²) in [6.45, 7) is -0.144. The van der Waals surface area contributed by atoms with Gasteiger partial charge in [0.2, 0.25) is 5.95 Å². The Balaban J connectivity index is 2.99. The van der Waals surface area contributed by atoms with E-state index < -0.39 is 11.7 Å². The molecule has 0 spiro atoms. The lowest BCUT2D eigenvalue weighted by Gasteiger charge is -2.00. The predicted octanol–water partition coefficient (Wildman–Crippen LogP) is 1.81. The number of carbonyl (C=O) groups is 1. The highest BCUT2D eigenvalue weighted by atomic mass is 79.9. The van der Waals surface area contributed by atoms with Gasteiger partial charge in [-0.1, -0.05) is 0 Å². The van der Waals surface area contributed by atoms with Crippen molar-refractivity contribution in [2.75, 3.05) is 13.7 Å². The Morgan fingerprint density at radius 1 is 1.77 bits per heavy atom. The van der Waals surface area contributed by atoms with Crippen LogP contribution in [0.1, 0.15) is 10.4 Å². The molecular formula is C8H7BrFNO2. The third-order valence-electron chi connectivity index (χ3n) is 1.38. The maximum Gasteiger partial charge on any atom is 0.223 e. The Kier molecular flexibility index (Phi) is 3.50. The third-order valence-corrected chi connectivity index (χ3v) is 1.82. The van der Waals surface area contributed by atoms with Crippen LogP contribution in [-0.4, -0.2) is 24.5 Å². The second kappa shape index (κ2) is 4.43. The number of hydrogen-bond donors (Lipinski definition) is 0. The van der Waals surface area contributed by atoms with Gasteiger partial charge in [0.25, 0.3) is 0 Å². The lowest BCUT2D eigenvalue weighted by atomic mass is 10.2. The molecule has 0 radical (unpaired) electrons. The summed E-state index contributed by atoms with van der Waals surface area (Å²) in [5.74, 6) is -1.20. The molecule has 0 aliphatic carbocycles. The second-order valence-corrected chi connectivity index (χ2v) is 3.26. The molecule has 1 rings (SSSR count). The quantitative estimate of drug-likeness (QED) is 0.604. The normalized spacial score (nSPS) is 10.1. The summed E-state index contributed by atoms with van der Waals surface area (Å²) in [4.78, 5) is 14.6. The molecule has 5 heteroatoms. The molecule has 0 N–H and O–H groups in total. The number of methoxy groups -OCH3 is 1. The Morgan fingerprint density at radius 3 is 3.08 bits per heavy atom. The number of pyridine rings is 1. The third kappa shape index (κ3) is 2.57. The van der Waals surface area contributed by atoms with E-state index in [1.165, 1.54) is 19.4 Å². The molecule has 0 atom stereocenters. The van der Waals surface area contributed by atoms with E-state index in [0.717, 1.165) is 0 Å². The van der Waals surface area contributed by atoms with Crippen LogP contribution in [0.25, 0.3) is 0 Å². The first-order valence-corrected chi connectivity index (χ1v) is 4.27. The SMILES string of the molecule is COCC(=O)c1cc(Br)cnc1F. The number of halogens is 2. The van der Waals surface area contributed by atoms with Crippen LogP contribution in [0.3, 0.4) is 0 Å². The van der Waals surface area contributed by atoms with Gasteiger partial charge in [0.15, 0.2) is 5.78 Å². The molecule has 1 aromatic rings. The largest absolute Gasteiger partial charge is 0.377 e. The lowest BCUT2D eigenvalue weighted by molar-refractivity contribution is 0.0843. The summed E-state index contributed by atoms with van der Waals surface area (Å²) < 4.78 is 18.1. The molecule has 0 unspecified atom stereocenters. The maximum atomic E-state index is 12.9. The molecule has 0 saturated heterocycles. The zero-order valence-corrected chi connectivity index (χ0v) is 8.47. The Labute approximate surface area is 83.1 Å². The van der Waals surface area contributed by atoms with Crippen molar-refractivity contribution in [2.45, 2.75) is 0 Å². The molecule has 0 aliphatic rings. The molecular weight excluding hydrogens is 241 g/mol. The van der Waals surface area contributed by atoms with Crippen molar-refractivity contribution in [3.05, 3.63) is 28.2 Å². The minimum Gasteiger partial charge on any atom is -0.377 e. The highest BCUT2D eigenvalue weighted by Gasteiger charge is 2.12. The van der Waals surface area contributed by atoms with Crippen molar-refractivity contribution in [1.29, 1.82) is 0 Å². The van der Waals surface area contributed by atoms with Crippen molar-refractivity contribution in [3.8, 4) is 0 Å². The molecule has 0 bridgehead atoms. The van der Waals surface area contributed by atoms with Gasteiger partial charge in [-0.15, -0.1) is 0 Å². The average Bonchev–Trinajstić information content (AvgIpc) is 2.09. The van der Waals surface area contributed by atoms with Crippen molar-refractivity contribution in [1.82, 2.24) is 4.98 Å². The number of aromatic nitrogens is 1. The number of ketones is 1. The van der Waals surface area contributed by atoms with Crippen LogP contribution in [0.15, 0.2) is 16.7 Å². The van der Waals surface area contributed by atoms with Gasteiger partial charge in [-0.2, -0.15) is 4.39 Å². The summed E-state index contributed by atoms with van der Waals surface area (Å²) in [6.07, 6.45) is 1.29. The summed E-state index contributed by atoms with van der Waals surface area (Å²) in [5, 5.41) is 0. The van der Waals surface area contributed by atoms with Gasteiger partial charge in [-0.05, 0) is 22.0 Å². The smallest absolute Gasteiger partial charge is 0.223 e. The second-order valence-electron chi connectivity index (χ2n) is 2.35. The van der Waals surface area contributed by atoms with Crippen LogP contribution in [0.4, 0.5) is 4.39 Å². The van der Waals surface area contributed by atoms with E-state index in [1.807, 2.05) is 0 Å². The van der Waals surface area contributed by atoms with Crippen molar-refractivity contribution in [2.24, 2.45) is 0 Å². The first-order valence-electron chi connectivity index (χ1n) is 3.48. The van der Waals surface area contributed by atoms with Crippen LogP contribution in [0.2, 0.25) is 0 Å². The van der Waals surface area contributed by atoms with E-state index in [2.05, 4.69) is 25.7 Å². The molecule has 13 heavy (non-hydrogen) atoms. The zero-order chi connectivity index (χ0) is 9.84. The summed E-state index contributed by atoms with van der Waals surface area (Å²) in [5.41, 5.74) is -0.0591.